The number of hydrogen-bond acceptors (Lipinski definition) is 5. The lowest BCUT2D eigenvalue weighted by Gasteiger charge is -2.38. The average molecular weight is 363 g/mol. The number of carbonyl (C=O) groups is 2. The number of furan rings is 1. The van der Waals surface area contributed by atoms with Crippen LogP contribution in [0.25, 0.3) is 0 Å². The number of nitrogens with zero attached hydrogens (tertiary/aromatic N) is 2. The fourth-order valence-corrected chi connectivity index (χ4v) is 3.27. The summed E-state index contributed by atoms with van der Waals surface area (Å²) in [5, 5.41) is 0.523. The number of rotatable bonds is 4. The van der Waals surface area contributed by atoms with Crippen molar-refractivity contribution in [1.29, 1.82) is 0 Å². The SMILES string of the molecule is COC(=O)[C@H](c1ccccc1Cl)N1CCN(C(=O)c2ccoc2)CC1. The van der Waals surface area contributed by atoms with Gasteiger partial charge in [-0.1, -0.05) is 29.8 Å². The van der Waals surface area contributed by atoms with Crippen molar-refractivity contribution in [2.75, 3.05) is 33.3 Å². The highest BCUT2D eigenvalue weighted by atomic mass is 35.5. The summed E-state index contributed by atoms with van der Waals surface area (Å²) >= 11 is 6.28. The minimum atomic E-state index is -0.579. The molecule has 2 aromatic rings. The number of hydrogen-bond donors (Lipinski definition) is 0. The molecule has 7 heteroatoms. The standard InChI is InChI=1S/C18H19ClN2O4/c1-24-18(23)16(14-4-2-3-5-15(14)19)20-7-9-21(10-8-20)17(22)13-6-11-25-12-13/h2-6,11-12,16H,7-10H2,1H3/t16-/m0/s1. The Morgan fingerprint density at radius 2 is 1.88 bits per heavy atom. The van der Waals surface area contributed by atoms with E-state index in [1.54, 1.807) is 17.0 Å². The Morgan fingerprint density at radius 1 is 1.16 bits per heavy atom. The molecule has 1 amide bonds. The van der Waals surface area contributed by atoms with Crippen LogP contribution in [0.1, 0.15) is 22.0 Å². The van der Waals surface area contributed by atoms with E-state index in [0.29, 0.717) is 42.3 Å². The molecule has 0 radical (unpaired) electrons. The largest absolute Gasteiger partial charge is 0.472 e. The first-order valence-electron chi connectivity index (χ1n) is 7.99. The van der Waals surface area contributed by atoms with E-state index in [4.69, 9.17) is 20.8 Å². The van der Waals surface area contributed by atoms with Gasteiger partial charge in [-0.15, -0.1) is 0 Å². The topological polar surface area (TPSA) is 63.0 Å². The van der Waals surface area contributed by atoms with E-state index < -0.39 is 6.04 Å². The fourth-order valence-electron chi connectivity index (χ4n) is 3.03. The molecule has 0 unspecified atom stereocenters. The van der Waals surface area contributed by atoms with Crippen LogP contribution in [0.4, 0.5) is 0 Å². The van der Waals surface area contributed by atoms with Gasteiger partial charge in [-0.25, -0.2) is 4.79 Å². The zero-order chi connectivity index (χ0) is 17.8. The van der Waals surface area contributed by atoms with Crippen molar-refractivity contribution >= 4 is 23.5 Å². The number of ether oxygens (including phenoxy) is 1. The molecule has 1 aliphatic heterocycles. The maximum absolute atomic E-state index is 12.4. The molecule has 2 heterocycles. The van der Waals surface area contributed by atoms with Crippen LogP contribution in [0.3, 0.4) is 0 Å². The lowest BCUT2D eigenvalue weighted by molar-refractivity contribution is -0.148. The third-order valence-corrected chi connectivity index (χ3v) is 4.70. The van der Waals surface area contributed by atoms with E-state index in [1.165, 1.54) is 19.6 Å². The summed E-state index contributed by atoms with van der Waals surface area (Å²) in [6, 6.07) is 8.32. The number of piperazine rings is 1. The van der Waals surface area contributed by atoms with Crippen molar-refractivity contribution in [2.45, 2.75) is 6.04 Å². The summed E-state index contributed by atoms with van der Waals surface area (Å²) in [5.41, 5.74) is 1.25. The van der Waals surface area contributed by atoms with Gasteiger partial charge in [0.15, 0.2) is 0 Å². The predicted molar refractivity (Wildman–Crippen MR) is 92.4 cm³/mol. The summed E-state index contributed by atoms with van der Waals surface area (Å²) < 4.78 is 9.95. The number of carbonyl (C=O) groups excluding carboxylic acids is 2. The van der Waals surface area contributed by atoms with Crippen LogP contribution < -0.4 is 0 Å². The summed E-state index contributed by atoms with van der Waals surface area (Å²) in [5.74, 6) is -0.427. The Morgan fingerprint density at radius 3 is 2.48 bits per heavy atom. The van der Waals surface area contributed by atoms with E-state index in [-0.39, 0.29) is 11.9 Å². The van der Waals surface area contributed by atoms with Gasteiger partial charge >= 0.3 is 5.97 Å². The van der Waals surface area contributed by atoms with Gasteiger partial charge in [0.05, 0.1) is 18.9 Å². The van der Waals surface area contributed by atoms with Crippen molar-refractivity contribution in [3.63, 3.8) is 0 Å². The van der Waals surface area contributed by atoms with Gasteiger partial charge in [-0.05, 0) is 17.7 Å². The van der Waals surface area contributed by atoms with Gasteiger partial charge in [-0.2, -0.15) is 0 Å². The third-order valence-electron chi connectivity index (χ3n) is 4.36. The van der Waals surface area contributed by atoms with Crippen molar-refractivity contribution in [1.82, 2.24) is 9.80 Å². The molecular formula is C18H19ClN2O4. The summed E-state index contributed by atoms with van der Waals surface area (Å²) in [7, 11) is 1.37. The first-order chi connectivity index (χ1) is 12.1. The molecule has 1 saturated heterocycles. The third kappa shape index (κ3) is 3.70. The van der Waals surface area contributed by atoms with Crippen LogP contribution in [0.2, 0.25) is 5.02 Å². The zero-order valence-corrected chi connectivity index (χ0v) is 14.6. The fraction of sp³-hybridized carbons (Fsp3) is 0.333. The molecule has 25 heavy (non-hydrogen) atoms. The molecule has 1 aromatic heterocycles. The maximum Gasteiger partial charge on any atom is 0.327 e. The minimum absolute atomic E-state index is 0.0687. The van der Waals surface area contributed by atoms with Crippen LogP contribution in [0.5, 0.6) is 0 Å². The van der Waals surface area contributed by atoms with Crippen LogP contribution >= 0.6 is 11.6 Å². The molecule has 0 saturated carbocycles. The highest BCUT2D eigenvalue weighted by Gasteiger charge is 2.33. The van der Waals surface area contributed by atoms with Crippen LogP contribution in [-0.2, 0) is 9.53 Å². The van der Waals surface area contributed by atoms with Gasteiger partial charge in [0.2, 0.25) is 0 Å². The molecule has 132 valence electrons. The highest BCUT2D eigenvalue weighted by Crippen LogP contribution is 2.29. The van der Waals surface area contributed by atoms with E-state index in [2.05, 4.69) is 0 Å². The Kier molecular flexibility index (Phi) is 5.40. The molecule has 0 aliphatic carbocycles. The van der Waals surface area contributed by atoms with Crippen LogP contribution in [0, 0.1) is 0 Å². The second-order valence-corrected chi connectivity index (χ2v) is 6.19. The zero-order valence-electron chi connectivity index (χ0n) is 13.9. The first-order valence-corrected chi connectivity index (χ1v) is 8.37. The molecule has 6 nitrogen and oxygen atoms in total. The molecule has 3 rings (SSSR count). The summed E-state index contributed by atoms with van der Waals surface area (Å²) in [6.45, 7) is 2.13. The Hall–Kier alpha value is -2.31. The van der Waals surface area contributed by atoms with Gasteiger partial charge in [0, 0.05) is 31.2 Å². The van der Waals surface area contributed by atoms with Crippen molar-refractivity contribution in [3.8, 4) is 0 Å². The van der Waals surface area contributed by atoms with Gasteiger partial charge < -0.3 is 14.1 Å². The number of methoxy groups -OCH3 is 1. The van der Waals surface area contributed by atoms with Gasteiger partial charge in [0.25, 0.3) is 5.91 Å². The van der Waals surface area contributed by atoms with Crippen LogP contribution in [0.15, 0.2) is 47.3 Å². The normalized spacial score (nSPS) is 16.5. The molecule has 0 N–H and O–H groups in total. The highest BCUT2D eigenvalue weighted by molar-refractivity contribution is 6.31. The molecule has 0 spiro atoms. The van der Waals surface area contributed by atoms with E-state index in [9.17, 15) is 9.59 Å². The minimum Gasteiger partial charge on any atom is -0.472 e. The molecule has 1 aliphatic rings. The number of benzene rings is 1. The van der Waals surface area contributed by atoms with E-state index in [0.717, 1.165) is 0 Å². The van der Waals surface area contributed by atoms with Crippen molar-refractivity contribution in [2.24, 2.45) is 0 Å². The van der Waals surface area contributed by atoms with E-state index >= 15 is 0 Å². The smallest absolute Gasteiger partial charge is 0.327 e. The van der Waals surface area contributed by atoms with Gasteiger partial charge in [0.1, 0.15) is 12.3 Å². The second-order valence-electron chi connectivity index (χ2n) is 5.79. The Bertz CT molecular complexity index is 739. The molecule has 0 bridgehead atoms. The Balaban J connectivity index is 1.73. The quantitative estimate of drug-likeness (QED) is 0.782. The van der Waals surface area contributed by atoms with E-state index in [1.807, 2.05) is 23.1 Å². The molecular weight excluding hydrogens is 344 g/mol. The average Bonchev–Trinajstić information content (AvgIpc) is 3.18. The first kappa shape index (κ1) is 17.5. The summed E-state index contributed by atoms with van der Waals surface area (Å²) in [4.78, 5) is 28.5. The van der Waals surface area contributed by atoms with Crippen LogP contribution in [-0.4, -0.2) is 55.0 Å². The lowest BCUT2D eigenvalue weighted by Crippen LogP contribution is -2.51. The molecule has 1 aromatic carbocycles. The maximum atomic E-state index is 12.4. The second kappa shape index (κ2) is 7.72. The number of halogens is 1. The number of esters is 1. The lowest BCUT2D eigenvalue weighted by atomic mass is 10.0. The predicted octanol–water partition coefficient (Wildman–Crippen LogP) is 2.61. The molecule has 1 atom stereocenters. The number of amides is 1. The van der Waals surface area contributed by atoms with Gasteiger partial charge in [-0.3, -0.25) is 9.69 Å². The Labute approximate surface area is 150 Å². The summed E-state index contributed by atoms with van der Waals surface area (Å²) in [6.07, 6.45) is 2.92. The van der Waals surface area contributed by atoms with Crippen molar-refractivity contribution < 1.29 is 18.7 Å². The molecule has 1 fully saturated rings. The van der Waals surface area contributed by atoms with Crippen molar-refractivity contribution in [3.05, 3.63) is 59.0 Å². The monoisotopic (exact) mass is 362 g/mol.